The van der Waals surface area contributed by atoms with Crippen molar-refractivity contribution in [3.05, 3.63) is 61.0 Å². The van der Waals surface area contributed by atoms with Gasteiger partial charge in [-0.25, -0.2) is 0 Å². The summed E-state index contributed by atoms with van der Waals surface area (Å²) in [5.41, 5.74) is 4.40. The molecule has 11 heteroatoms. The fourth-order valence-electron chi connectivity index (χ4n) is 18.6. The summed E-state index contributed by atoms with van der Waals surface area (Å²) in [6.07, 6.45) is 118. The molecule has 1 heterocycles. The van der Waals surface area contributed by atoms with Crippen LogP contribution >= 0.6 is 70.6 Å². The predicted octanol–water partition coefficient (Wildman–Crippen LogP) is 44.8. The van der Waals surface area contributed by atoms with Crippen LogP contribution in [0.4, 0.5) is 23.3 Å². The van der Waals surface area contributed by atoms with Crippen LogP contribution in [-0.2, 0) is 6.42 Å². The zero-order valence-electron chi connectivity index (χ0n) is 87.0. The van der Waals surface area contributed by atoms with Crippen molar-refractivity contribution in [1.29, 1.82) is 0 Å². The zero-order chi connectivity index (χ0) is 92.3. The highest BCUT2D eigenvalue weighted by Gasteiger charge is 2.20. The average Bonchev–Trinajstić information content (AvgIpc) is 0.807. The van der Waals surface area contributed by atoms with Gasteiger partial charge in [0.05, 0.1) is 0 Å². The lowest BCUT2D eigenvalue weighted by Crippen LogP contribution is -2.06. The first-order valence-electron chi connectivity index (χ1n) is 57.8. The van der Waals surface area contributed by atoms with Crippen LogP contribution in [0.2, 0.25) is 0 Å². The van der Waals surface area contributed by atoms with Crippen molar-refractivity contribution in [1.82, 2.24) is 15.0 Å². The van der Waals surface area contributed by atoms with Crippen molar-refractivity contribution in [2.24, 2.45) is 0 Å². The second-order valence-corrected chi connectivity index (χ2v) is 46.5. The average molecular weight is 1910 g/mol. The highest BCUT2D eigenvalue weighted by Crippen LogP contribution is 2.46. The van der Waals surface area contributed by atoms with E-state index < -0.39 is 0 Å². The molecule has 4 rings (SSSR count). The van der Waals surface area contributed by atoms with Crippen molar-refractivity contribution in [3.8, 4) is 11.4 Å². The quantitative estimate of drug-likeness (QED) is 0.0328. The lowest BCUT2D eigenvalue weighted by atomic mass is 10.0. The Morgan fingerprint density at radius 1 is 0.200 bits per heavy atom. The van der Waals surface area contributed by atoms with E-state index in [1.54, 1.807) is 0 Å². The maximum Gasteiger partial charge on any atom is 0.232 e. The topological polar surface area (TPSA) is 62.7 Å². The van der Waals surface area contributed by atoms with Gasteiger partial charge in [0.2, 0.25) is 11.9 Å². The summed E-state index contributed by atoms with van der Waals surface area (Å²) in [5, 5.41) is 7.96. The normalized spacial score (nSPS) is 11.7. The molecule has 0 atom stereocenters. The SMILES string of the molecule is [CH2]Cc1ccc(-c2nc(Nc3cc(SCCCCCCCCCCCCCCCC)c(SCCCCCCCCCCCCCCCC)c(SCCCCCCCCCCCCCCCC)c3)nc(Nc3cc(SCCCCCCCCCCCCCCCC)c(SCCCCCCCCCCCCCCCC)c(SCCCCCCCCCCCCCCCC)c3)n2)cc1. The van der Waals surface area contributed by atoms with Gasteiger partial charge in [0.1, 0.15) is 0 Å². The third kappa shape index (κ3) is 70.1. The minimum absolute atomic E-state index is 0.600. The van der Waals surface area contributed by atoms with E-state index in [0.29, 0.717) is 17.7 Å². The Bertz CT molecular complexity index is 2770. The lowest BCUT2D eigenvalue weighted by molar-refractivity contribution is 0.538. The van der Waals surface area contributed by atoms with Crippen LogP contribution in [0.3, 0.4) is 0 Å². The van der Waals surface area contributed by atoms with Crippen molar-refractivity contribution in [2.45, 2.75) is 617 Å². The van der Waals surface area contributed by atoms with Crippen molar-refractivity contribution < 1.29 is 0 Å². The largest absolute Gasteiger partial charge is 0.324 e. The van der Waals surface area contributed by atoms with Crippen LogP contribution in [0.5, 0.6) is 0 Å². The van der Waals surface area contributed by atoms with Gasteiger partial charge >= 0.3 is 0 Å². The van der Waals surface area contributed by atoms with E-state index in [2.05, 4.69) is 178 Å². The fraction of sp³-hybridized carbons (Fsp3) is 0.815. The summed E-state index contributed by atoms with van der Waals surface area (Å²) in [4.78, 5) is 25.1. The number of rotatable bonds is 102. The van der Waals surface area contributed by atoms with Crippen LogP contribution in [0.1, 0.15) is 586 Å². The Hall–Kier alpha value is -1.63. The highest BCUT2D eigenvalue weighted by molar-refractivity contribution is 8.04. The Labute approximate surface area is 836 Å². The minimum Gasteiger partial charge on any atom is -0.324 e. The fourth-order valence-corrected chi connectivity index (χ4v) is 26.1. The number of anilines is 4. The Morgan fingerprint density at radius 3 is 0.531 bits per heavy atom. The first-order chi connectivity index (χ1) is 64.5. The van der Waals surface area contributed by atoms with Crippen LogP contribution in [0, 0.1) is 6.92 Å². The van der Waals surface area contributed by atoms with Gasteiger partial charge in [0.15, 0.2) is 5.82 Å². The first-order valence-corrected chi connectivity index (χ1v) is 63.7. The summed E-state index contributed by atoms with van der Waals surface area (Å²) in [6.45, 7) is 18.3. The van der Waals surface area contributed by atoms with Crippen molar-refractivity contribution >= 4 is 93.8 Å². The molecule has 0 amide bonds. The standard InChI is InChI=1S/C119H212N5S6/c1-8-15-21-27-33-39-45-51-57-63-69-75-81-87-97-125-111-103-109(104-112(126-98-88-82-76-70-64-58-52-46-40-34-28-22-16-9-2)115(111)129-101-91-85-79-73-67-61-55-49-43-37-31-25-19-12-5)120-118-122-117(108-95-93-107(14-7)94-96-108)123-119(124-118)121-110-105-113(127-99-89-83-77-71-65-59-53-47-41-35-29-23-17-10-3)116(130-102-92-86-80-74-68-62-56-50-44-38-32-26-20-13-6)114(106-110)128-100-90-84-78-72-66-60-54-48-42-36-30-24-18-11-4/h93-96,103-106H,7-92,97-102H2,1-6H3,(H2,120,121,122,123,124). The number of thioether (sulfide) groups is 6. The molecule has 5 nitrogen and oxygen atoms in total. The molecule has 1 aromatic heterocycles. The molecule has 3 aromatic carbocycles. The van der Waals surface area contributed by atoms with Gasteiger partial charge in [-0.3, -0.25) is 0 Å². The Morgan fingerprint density at radius 2 is 0.362 bits per heavy atom. The molecule has 0 saturated carbocycles. The molecule has 0 spiro atoms. The molecule has 130 heavy (non-hydrogen) atoms. The summed E-state index contributed by atoms with van der Waals surface area (Å²) in [5.74, 6) is 8.87. The monoisotopic (exact) mass is 1900 g/mol. The molecule has 0 aliphatic heterocycles. The second-order valence-electron chi connectivity index (χ2n) is 39.8. The van der Waals surface area contributed by atoms with Gasteiger partial charge in [-0.1, -0.05) is 567 Å². The molecule has 4 aromatic rings. The number of hydrogen-bond donors (Lipinski definition) is 2. The van der Waals surface area contributed by atoms with Gasteiger partial charge in [-0.15, -0.1) is 70.6 Å². The molecule has 0 saturated heterocycles. The summed E-state index contributed by atoms with van der Waals surface area (Å²) < 4.78 is 0. The van der Waals surface area contributed by atoms with Gasteiger partial charge in [-0.2, -0.15) is 15.0 Å². The molecule has 2 N–H and O–H groups in total. The maximum atomic E-state index is 5.48. The smallest absolute Gasteiger partial charge is 0.232 e. The molecule has 0 aliphatic carbocycles. The maximum absolute atomic E-state index is 5.48. The van der Waals surface area contributed by atoms with E-state index in [1.165, 1.54) is 586 Å². The van der Waals surface area contributed by atoms with E-state index in [0.717, 1.165) is 46.4 Å². The summed E-state index contributed by atoms with van der Waals surface area (Å²) >= 11 is 12.9. The van der Waals surface area contributed by atoms with Gasteiger partial charge < -0.3 is 10.6 Å². The molecule has 0 bridgehead atoms. The molecular formula is C119H212N5S6. The Kier molecular flexibility index (Phi) is 86.9. The molecular weight excluding hydrogens is 1690 g/mol. The van der Waals surface area contributed by atoms with E-state index >= 15 is 0 Å². The zero-order valence-corrected chi connectivity index (χ0v) is 91.9. The highest BCUT2D eigenvalue weighted by atomic mass is 32.2. The number of hydrogen-bond acceptors (Lipinski definition) is 11. The molecule has 0 unspecified atom stereocenters. The number of aromatic nitrogens is 3. The lowest BCUT2D eigenvalue weighted by Gasteiger charge is -2.19. The third-order valence-corrected chi connectivity index (χ3v) is 34.7. The molecule has 0 aliphatic rings. The third-order valence-electron chi connectivity index (χ3n) is 27.2. The van der Waals surface area contributed by atoms with Gasteiger partial charge in [0, 0.05) is 46.3 Å². The number of benzene rings is 3. The first kappa shape index (κ1) is 121. The summed E-state index contributed by atoms with van der Waals surface area (Å²) in [7, 11) is 0. The van der Waals surface area contributed by atoms with E-state index in [4.69, 9.17) is 15.0 Å². The minimum atomic E-state index is 0.600. The van der Waals surface area contributed by atoms with Crippen molar-refractivity contribution in [2.75, 3.05) is 45.2 Å². The van der Waals surface area contributed by atoms with E-state index in [9.17, 15) is 0 Å². The van der Waals surface area contributed by atoms with Gasteiger partial charge in [-0.05, 0) is 116 Å². The number of unbranched alkanes of at least 4 members (excludes halogenated alkanes) is 78. The van der Waals surface area contributed by atoms with Crippen molar-refractivity contribution in [3.63, 3.8) is 0 Å². The van der Waals surface area contributed by atoms with Crippen LogP contribution < -0.4 is 10.6 Å². The second kappa shape index (κ2) is 93.7. The number of nitrogens with one attached hydrogen (secondary N) is 2. The summed E-state index contributed by atoms with van der Waals surface area (Å²) in [6, 6.07) is 18.8. The van der Waals surface area contributed by atoms with E-state index in [1.807, 2.05) is 0 Å². The molecule has 1 radical (unpaired) electrons. The van der Waals surface area contributed by atoms with E-state index in [-0.39, 0.29) is 0 Å². The Balaban J connectivity index is 1.71. The predicted molar refractivity (Wildman–Crippen MR) is 600 cm³/mol. The molecule has 749 valence electrons. The van der Waals surface area contributed by atoms with Crippen LogP contribution in [0.25, 0.3) is 11.4 Å². The van der Waals surface area contributed by atoms with Gasteiger partial charge in [0.25, 0.3) is 0 Å². The van der Waals surface area contributed by atoms with Crippen LogP contribution in [0.15, 0.2) is 77.9 Å². The molecule has 0 fully saturated rings. The number of nitrogens with zero attached hydrogens (tertiary/aromatic N) is 3. The van der Waals surface area contributed by atoms with Crippen LogP contribution in [-0.4, -0.2) is 49.5 Å².